The van der Waals surface area contributed by atoms with E-state index in [0.717, 1.165) is 16.0 Å². The molecule has 40 heavy (non-hydrogen) atoms. The van der Waals surface area contributed by atoms with E-state index >= 15 is 0 Å². The lowest BCUT2D eigenvalue weighted by molar-refractivity contribution is -0.324. The van der Waals surface area contributed by atoms with Crippen LogP contribution in [0.15, 0.2) is 126 Å². The molecule has 6 rings (SSSR count). The zero-order chi connectivity index (χ0) is 27.1. The molecule has 4 aromatic rings. The molecule has 0 amide bonds. The third-order valence-electron chi connectivity index (χ3n) is 6.89. The maximum Gasteiger partial charge on any atom is 0.338 e. The average Bonchev–Trinajstić information content (AvgIpc) is 3.02. The first-order valence-electron chi connectivity index (χ1n) is 13.4. The van der Waals surface area contributed by atoms with Crippen LogP contribution < -0.4 is 0 Å². The fraction of sp³-hybridized carbons (Fsp3) is 0.242. The van der Waals surface area contributed by atoms with Crippen molar-refractivity contribution in [1.29, 1.82) is 0 Å². The lowest BCUT2D eigenvalue weighted by Crippen LogP contribution is -2.62. The molecule has 0 saturated carbocycles. The summed E-state index contributed by atoms with van der Waals surface area (Å²) in [4.78, 5) is 14.4. The van der Waals surface area contributed by atoms with Crippen LogP contribution in [0.25, 0.3) is 0 Å². The number of carbonyl (C=O) groups excluding carboxylic acids is 1. The largest absolute Gasteiger partial charge is 0.452 e. The van der Waals surface area contributed by atoms with Gasteiger partial charge in [0.25, 0.3) is 0 Å². The van der Waals surface area contributed by atoms with Gasteiger partial charge in [0.2, 0.25) is 0 Å². The Balaban J connectivity index is 1.33. The van der Waals surface area contributed by atoms with Gasteiger partial charge in [0.15, 0.2) is 12.4 Å². The van der Waals surface area contributed by atoms with E-state index in [2.05, 4.69) is 0 Å². The molecule has 0 bridgehead atoms. The van der Waals surface area contributed by atoms with Crippen molar-refractivity contribution >= 4 is 17.7 Å². The third kappa shape index (κ3) is 6.30. The Hall–Kier alpha value is -3.46. The van der Waals surface area contributed by atoms with Gasteiger partial charge in [0.1, 0.15) is 23.7 Å². The van der Waals surface area contributed by atoms with Crippen LogP contribution in [0.5, 0.6) is 0 Å². The summed E-state index contributed by atoms with van der Waals surface area (Å²) >= 11 is 1.50. The highest BCUT2D eigenvalue weighted by Gasteiger charge is 2.52. The Bertz CT molecular complexity index is 1360. The van der Waals surface area contributed by atoms with Gasteiger partial charge in [-0.3, -0.25) is 0 Å². The van der Waals surface area contributed by atoms with Crippen LogP contribution in [0.4, 0.5) is 0 Å². The highest BCUT2D eigenvalue weighted by atomic mass is 32.2. The first-order valence-corrected chi connectivity index (χ1v) is 14.2. The number of fused-ring (bicyclic) bond motifs is 1. The molecule has 0 aliphatic carbocycles. The molecule has 4 aromatic carbocycles. The van der Waals surface area contributed by atoms with Crippen molar-refractivity contribution in [2.75, 3.05) is 6.61 Å². The van der Waals surface area contributed by atoms with Crippen molar-refractivity contribution in [2.24, 2.45) is 0 Å². The Kier molecular flexibility index (Phi) is 8.56. The van der Waals surface area contributed by atoms with Gasteiger partial charge in [0.05, 0.1) is 18.8 Å². The minimum atomic E-state index is -0.752. The molecule has 2 heterocycles. The van der Waals surface area contributed by atoms with Crippen LogP contribution in [0, 0.1) is 0 Å². The van der Waals surface area contributed by atoms with Crippen molar-refractivity contribution in [3.8, 4) is 0 Å². The molecule has 0 aromatic heterocycles. The molecule has 6 atom stereocenters. The quantitative estimate of drug-likeness (QED) is 0.233. The highest BCUT2D eigenvalue weighted by Crippen LogP contribution is 2.41. The van der Waals surface area contributed by atoms with Gasteiger partial charge >= 0.3 is 5.97 Å². The second-order valence-electron chi connectivity index (χ2n) is 9.65. The van der Waals surface area contributed by atoms with Gasteiger partial charge in [-0.05, 0) is 29.8 Å². The van der Waals surface area contributed by atoms with E-state index < -0.39 is 42.1 Å². The molecule has 2 aliphatic rings. The second-order valence-corrected chi connectivity index (χ2v) is 10.8. The first kappa shape index (κ1) is 26.7. The Morgan fingerprint density at radius 3 is 2.08 bits per heavy atom. The number of thioether (sulfide) groups is 1. The molecule has 3 unspecified atom stereocenters. The molecule has 6 nitrogen and oxygen atoms in total. The molecule has 7 heteroatoms. The Labute approximate surface area is 238 Å². The summed E-state index contributed by atoms with van der Waals surface area (Å²) in [5, 5.41) is 0. The highest BCUT2D eigenvalue weighted by molar-refractivity contribution is 7.99. The summed E-state index contributed by atoms with van der Waals surface area (Å²) in [6, 6.07) is 38.6. The van der Waals surface area contributed by atoms with E-state index in [-0.39, 0.29) is 0 Å². The topological polar surface area (TPSA) is 63.2 Å². The smallest absolute Gasteiger partial charge is 0.338 e. The van der Waals surface area contributed by atoms with Crippen LogP contribution in [-0.2, 0) is 30.3 Å². The maximum absolute atomic E-state index is 13.4. The fourth-order valence-corrected chi connectivity index (χ4v) is 6.03. The molecule has 0 N–H and O–H groups in total. The van der Waals surface area contributed by atoms with E-state index in [4.69, 9.17) is 23.7 Å². The van der Waals surface area contributed by atoms with E-state index in [1.165, 1.54) is 11.8 Å². The van der Waals surface area contributed by atoms with E-state index in [1.54, 1.807) is 12.1 Å². The van der Waals surface area contributed by atoms with Crippen LogP contribution in [-0.4, -0.2) is 42.4 Å². The number of hydrogen-bond acceptors (Lipinski definition) is 7. The summed E-state index contributed by atoms with van der Waals surface area (Å²) in [6.07, 6.45) is -2.88. The van der Waals surface area contributed by atoms with Crippen LogP contribution in [0.1, 0.15) is 27.8 Å². The van der Waals surface area contributed by atoms with Gasteiger partial charge in [0, 0.05) is 10.5 Å². The zero-order valence-electron chi connectivity index (χ0n) is 21.8. The molecule has 2 saturated heterocycles. The van der Waals surface area contributed by atoms with E-state index in [1.807, 2.05) is 109 Å². The molecule has 2 aliphatic heterocycles. The van der Waals surface area contributed by atoms with Crippen molar-refractivity contribution < 1.29 is 28.5 Å². The summed E-state index contributed by atoms with van der Waals surface area (Å²) in [6.45, 7) is 0.650. The molecular weight excluding hydrogens is 524 g/mol. The number of esters is 1. The van der Waals surface area contributed by atoms with Crippen molar-refractivity contribution in [2.45, 2.75) is 47.6 Å². The number of hydrogen-bond donors (Lipinski definition) is 0. The minimum Gasteiger partial charge on any atom is -0.452 e. The maximum atomic E-state index is 13.4. The summed E-state index contributed by atoms with van der Waals surface area (Å²) in [7, 11) is 0. The molecule has 0 spiro atoms. The van der Waals surface area contributed by atoms with E-state index in [0.29, 0.717) is 18.8 Å². The SMILES string of the molecule is O=C(OC1[C@H](Sc2ccccc2)OC2COC(c3ccccc3)O[C@H]2[C@H]1OCc1ccccc1)c1ccccc1. The molecule has 0 radical (unpaired) electrons. The second kappa shape index (κ2) is 12.8. The number of carbonyl (C=O) groups is 1. The summed E-state index contributed by atoms with van der Waals surface area (Å²) < 4.78 is 32.0. The van der Waals surface area contributed by atoms with Gasteiger partial charge in [-0.2, -0.15) is 0 Å². The van der Waals surface area contributed by atoms with Crippen molar-refractivity contribution in [1.82, 2.24) is 0 Å². The number of ether oxygens (including phenoxy) is 5. The number of benzene rings is 4. The van der Waals surface area contributed by atoms with Gasteiger partial charge in [-0.1, -0.05) is 109 Å². The van der Waals surface area contributed by atoms with Gasteiger partial charge in [-0.25, -0.2) is 4.79 Å². The third-order valence-corrected chi connectivity index (χ3v) is 8.04. The molecular formula is C33H30O6S. The van der Waals surface area contributed by atoms with Crippen LogP contribution in [0.2, 0.25) is 0 Å². The zero-order valence-corrected chi connectivity index (χ0v) is 22.6. The van der Waals surface area contributed by atoms with Crippen molar-refractivity contribution in [3.05, 3.63) is 138 Å². The predicted molar refractivity (Wildman–Crippen MR) is 152 cm³/mol. The lowest BCUT2D eigenvalue weighted by atomic mass is 9.98. The summed E-state index contributed by atoms with van der Waals surface area (Å²) in [5.74, 6) is -0.439. The lowest BCUT2D eigenvalue weighted by Gasteiger charge is -2.48. The van der Waals surface area contributed by atoms with Crippen molar-refractivity contribution in [3.63, 3.8) is 0 Å². The standard InChI is InChI=1S/C33H30O6S/c34-31(24-15-7-2-8-16-24)38-30-29(35-21-23-13-5-1-6-14-23)28-27(37-33(30)40-26-19-11-4-12-20-26)22-36-32(39-28)25-17-9-3-10-18-25/h1-20,27-30,32-33H,21-22H2/t27?,28-,29-,30?,32?,33+/m1/s1. The number of rotatable bonds is 8. The van der Waals surface area contributed by atoms with Crippen LogP contribution in [0.3, 0.4) is 0 Å². The average molecular weight is 555 g/mol. The van der Waals surface area contributed by atoms with Crippen LogP contribution >= 0.6 is 11.8 Å². The summed E-state index contributed by atoms with van der Waals surface area (Å²) in [5.41, 5.74) is 1.83. The Morgan fingerprint density at radius 2 is 1.38 bits per heavy atom. The first-order chi connectivity index (χ1) is 19.7. The van der Waals surface area contributed by atoms with Gasteiger partial charge in [-0.15, -0.1) is 0 Å². The monoisotopic (exact) mass is 554 g/mol. The van der Waals surface area contributed by atoms with Gasteiger partial charge < -0.3 is 23.7 Å². The van der Waals surface area contributed by atoms with E-state index in [9.17, 15) is 4.79 Å². The molecule has 204 valence electrons. The predicted octanol–water partition coefficient (Wildman–Crippen LogP) is 6.43. The normalized spacial score (nSPS) is 26.0. The minimum absolute atomic E-state index is 0.320. The fourth-order valence-electron chi connectivity index (χ4n) is 4.90. The Morgan fingerprint density at radius 1 is 0.750 bits per heavy atom. The molecule has 2 fully saturated rings.